The predicted molar refractivity (Wildman–Crippen MR) is 201 cm³/mol. The molecule has 4 atom stereocenters. The topological polar surface area (TPSA) is 0 Å². The lowest BCUT2D eigenvalue weighted by Crippen LogP contribution is -2.12. The molecule has 44 heavy (non-hydrogen) atoms. The summed E-state index contributed by atoms with van der Waals surface area (Å²) < 4.78 is 2.89. The highest BCUT2D eigenvalue weighted by Crippen LogP contribution is 2.74. The minimum Gasteiger partial charge on any atom is -0.102 e. The Bertz CT molecular complexity index is 1840. The molecular formula is C36H32S8. The quantitative estimate of drug-likeness (QED) is 0.284. The molecule has 0 aromatic heterocycles. The lowest BCUT2D eigenvalue weighted by molar-refractivity contribution is 0.504. The van der Waals surface area contributed by atoms with E-state index in [2.05, 4.69) is 95.1 Å². The maximum absolute atomic E-state index is 4.23. The van der Waals surface area contributed by atoms with Crippen LogP contribution in [0.4, 0.5) is 0 Å². The van der Waals surface area contributed by atoms with E-state index >= 15 is 0 Å². The number of rotatable bonds is 3. The van der Waals surface area contributed by atoms with Crippen molar-refractivity contribution in [2.75, 3.05) is 0 Å². The molecular weight excluding hydrogens is 689 g/mol. The molecule has 1 fully saturated rings. The van der Waals surface area contributed by atoms with Crippen LogP contribution in [0.5, 0.6) is 0 Å². The number of hydrogen-bond acceptors (Lipinski definition) is 8. The monoisotopic (exact) mass is 720 g/mol. The Balaban J connectivity index is 0.973. The first-order valence-corrected chi connectivity index (χ1v) is 21.7. The standard InChI is InChI=1S/C36H32S8/c1-7-17-9-19(16(3)4)11-29-31(17)38-22-13-26-25(12-21(22)37-29)41-34(42-26)35-43-27-14-23-24(15-28(27)44-35)40-33-30-20(36(30,5)6)10-18(8-2)32(33)39-23/h7-8,11-18,20,30H,1-2,9-10H2,3-6H3/b35-34-/t17?,18?,20?,30-/m0/s1. The van der Waals surface area contributed by atoms with Gasteiger partial charge in [-0.15, -0.1) is 13.2 Å². The highest BCUT2D eigenvalue weighted by Gasteiger charge is 2.62. The molecule has 7 aliphatic rings. The van der Waals surface area contributed by atoms with Crippen molar-refractivity contribution in [1.82, 2.24) is 0 Å². The average molecular weight is 721 g/mol. The van der Waals surface area contributed by atoms with E-state index in [-0.39, 0.29) is 0 Å². The van der Waals surface area contributed by atoms with Gasteiger partial charge in [0.15, 0.2) is 0 Å². The van der Waals surface area contributed by atoms with Gasteiger partial charge in [0.05, 0.1) is 8.47 Å². The van der Waals surface area contributed by atoms with E-state index in [1.165, 1.54) is 63.9 Å². The largest absolute Gasteiger partial charge is 0.102 e. The second kappa shape index (κ2) is 10.8. The molecule has 224 valence electrons. The maximum atomic E-state index is 4.23. The number of hydrogen-bond donors (Lipinski definition) is 0. The maximum Gasteiger partial charge on any atom is 0.0706 e. The van der Waals surface area contributed by atoms with E-state index in [4.69, 9.17) is 0 Å². The molecule has 2 aromatic rings. The number of allylic oxidation sites excluding steroid dienone is 7. The van der Waals surface area contributed by atoms with E-state index < -0.39 is 0 Å². The molecule has 0 saturated heterocycles. The predicted octanol–water partition coefficient (Wildman–Crippen LogP) is 14.0. The lowest BCUT2D eigenvalue weighted by Gasteiger charge is -2.31. The highest BCUT2D eigenvalue weighted by atomic mass is 32.2. The minimum absolute atomic E-state index is 0.429. The fraction of sp³-hybridized carbons (Fsp3) is 0.333. The Labute approximate surface area is 295 Å². The molecule has 0 nitrogen and oxygen atoms in total. The van der Waals surface area contributed by atoms with Crippen LogP contribution in [0.3, 0.4) is 0 Å². The van der Waals surface area contributed by atoms with E-state index in [9.17, 15) is 0 Å². The van der Waals surface area contributed by atoms with Crippen molar-refractivity contribution < 1.29 is 0 Å². The number of thioether (sulfide) groups is 8. The summed E-state index contributed by atoms with van der Waals surface area (Å²) in [5.41, 5.74) is 1.98. The van der Waals surface area contributed by atoms with Gasteiger partial charge in [-0.3, -0.25) is 0 Å². The molecule has 4 aliphatic heterocycles. The van der Waals surface area contributed by atoms with E-state index in [0.29, 0.717) is 23.2 Å². The fourth-order valence-electron chi connectivity index (χ4n) is 7.26. The molecule has 0 amide bonds. The minimum atomic E-state index is 0.429. The summed E-state index contributed by atoms with van der Waals surface area (Å²) in [6, 6.07) is 9.89. The van der Waals surface area contributed by atoms with Gasteiger partial charge in [0, 0.05) is 70.6 Å². The normalized spacial score (nSPS) is 30.5. The number of fused-ring (bicyclic) bond motifs is 6. The zero-order valence-corrected chi connectivity index (χ0v) is 31.6. The molecule has 0 radical (unpaired) electrons. The molecule has 1 saturated carbocycles. The van der Waals surface area contributed by atoms with Crippen molar-refractivity contribution in [2.24, 2.45) is 35.0 Å². The van der Waals surface area contributed by atoms with Crippen molar-refractivity contribution in [2.45, 2.75) is 79.7 Å². The van der Waals surface area contributed by atoms with Gasteiger partial charge < -0.3 is 0 Å². The molecule has 4 heterocycles. The molecule has 0 N–H and O–H groups in total. The van der Waals surface area contributed by atoms with Gasteiger partial charge >= 0.3 is 0 Å². The van der Waals surface area contributed by atoms with E-state index in [1.807, 2.05) is 82.3 Å². The van der Waals surface area contributed by atoms with Crippen molar-refractivity contribution in [1.29, 1.82) is 0 Å². The summed E-state index contributed by atoms with van der Waals surface area (Å²) in [5.74, 6) is 3.06. The zero-order chi connectivity index (χ0) is 30.1. The van der Waals surface area contributed by atoms with Crippen molar-refractivity contribution in [3.05, 3.63) is 89.3 Å². The highest BCUT2D eigenvalue weighted by molar-refractivity contribution is 8.30. The lowest BCUT2D eigenvalue weighted by atomic mass is 9.88. The molecule has 2 aromatic carbocycles. The molecule has 9 rings (SSSR count). The van der Waals surface area contributed by atoms with Crippen LogP contribution in [-0.2, 0) is 0 Å². The Morgan fingerprint density at radius 3 is 1.66 bits per heavy atom. The molecule has 3 unspecified atom stereocenters. The summed E-state index contributed by atoms with van der Waals surface area (Å²) in [6.07, 6.45) is 9.22. The van der Waals surface area contributed by atoms with Gasteiger partial charge in [-0.25, -0.2) is 0 Å². The van der Waals surface area contributed by atoms with Gasteiger partial charge in [0.1, 0.15) is 0 Å². The van der Waals surface area contributed by atoms with Crippen molar-refractivity contribution >= 4 is 94.1 Å². The Morgan fingerprint density at radius 2 is 1.14 bits per heavy atom. The zero-order valence-electron chi connectivity index (χ0n) is 25.0. The van der Waals surface area contributed by atoms with Gasteiger partial charge in [-0.1, -0.05) is 140 Å². The summed E-state index contributed by atoms with van der Waals surface area (Å²) in [7, 11) is 0. The molecule has 0 bridgehead atoms. The summed E-state index contributed by atoms with van der Waals surface area (Å²) in [6.45, 7) is 18.0. The van der Waals surface area contributed by atoms with Crippen LogP contribution in [0.1, 0.15) is 40.5 Å². The first-order valence-electron chi connectivity index (χ1n) is 15.2. The fourth-order valence-corrected chi connectivity index (χ4v) is 18.6. The first-order chi connectivity index (χ1) is 21.2. The first kappa shape index (κ1) is 29.8. The van der Waals surface area contributed by atoms with Crippen molar-refractivity contribution in [3.63, 3.8) is 0 Å². The van der Waals surface area contributed by atoms with Crippen LogP contribution >= 0.6 is 94.1 Å². The third kappa shape index (κ3) is 4.66. The SMILES string of the molecule is C=CC1CC(C(C)C)=CC2=C1Sc1cc3c(cc1S2)S/C(=C1\Sc2cc4c(cc2S1)SC1=C(S4)C(C=C)CC2[C@@H]1C2(C)C)S3. The average Bonchev–Trinajstić information content (AvgIpc) is 3.31. The number of benzene rings is 2. The summed E-state index contributed by atoms with van der Waals surface area (Å²) >= 11 is 16.0. The third-order valence-corrected chi connectivity index (χ3v) is 21.0. The van der Waals surface area contributed by atoms with Crippen molar-refractivity contribution in [3.8, 4) is 0 Å². The van der Waals surface area contributed by atoms with E-state index in [1.54, 1.807) is 15.4 Å². The van der Waals surface area contributed by atoms with Gasteiger partial charge in [-0.05, 0) is 66.4 Å². The van der Waals surface area contributed by atoms with Crippen LogP contribution in [0.25, 0.3) is 0 Å². The Hall–Kier alpha value is -0.320. The van der Waals surface area contributed by atoms with Crippen LogP contribution < -0.4 is 0 Å². The van der Waals surface area contributed by atoms with Gasteiger partial charge in [0.25, 0.3) is 0 Å². The second-order valence-electron chi connectivity index (χ2n) is 13.2. The van der Waals surface area contributed by atoms with Crippen LogP contribution in [0.2, 0.25) is 0 Å². The van der Waals surface area contributed by atoms with Crippen LogP contribution in [-0.4, -0.2) is 0 Å². The van der Waals surface area contributed by atoms with Crippen LogP contribution in [0, 0.1) is 35.0 Å². The van der Waals surface area contributed by atoms with Crippen LogP contribution in [0.15, 0.2) is 128 Å². The van der Waals surface area contributed by atoms with Gasteiger partial charge in [-0.2, -0.15) is 0 Å². The summed E-state index contributed by atoms with van der Waals surface area (Å²) in [4.78, 5) is 17.5. The Morgan fingerprint density at radius 1 is 0.659 bits per heavy atom. The third-order valence-electron chi connectivity index (χ3n) is 9.96. The molecule has 8 heteroatoms. The Kier molecular flexibility index (Phi) is 7.34. The smallest absolute Gasteiger partial charge is 0.0706 e. The second-order valence-corrected chi connectivity index (χ2v) is 22.3. The van der Waals surface area contributed by atoms with E-state index in [0.717, 1.165) is 18.3 Å². The van der Waals surface area contributed by atoms with Gasteiger partial charge in [0.2, 0.25) is 0 Å². The summed E-state index contributed by atoms with van der Waals surface area (Å²) in [5, 5.41) is 0. The molecule has 0 spiro atoms. The molecule has 3 aliphatic carbocycles.